The molecule has 3 aromatic rings. The van der Waals surface area contributed by atoms with Gasteiger partial charge in [-0.25, -0.2) is 15.0 Å². The second-order valence-corrected chi connectivity index (χ2v) is 8.55. The molecule has 28 heavy (non-hydrogen) atoms. The zero-order chi connectivity index (χ0) is 19.7. The molecule has 1 aliphatic carbocycles. The molecule has 0 aliphatic heterocycles. The number of nitrogen functional groups attached to an aromatic ring is 1. The van der Waals surface area contributed by atoms with Gasteiger partial charge >= 0.3 is 0 Å². The van der Waals surface area contributed by atoms with Gasteiger partial charge in [0.2, 0.25) is 0 Å². The monoisotopic (exact) mass is 395 g/mol. The van der Waals surface area contributed by atoms with Crippen molar-refractivity contribution in [1.82, 2.24) is 19.5 Å². The highest BCUT2D eigenvalue weighted by atomic mass is 32.2. The topological polar surface area (TPSA) is 86.7 Å². The summed E-state index contributed by atoms with van der Waals surface area (Å²) in [4.78, 5) is 26.8. The molecule has 0 saturated heterocycles. The van der Waals surface area contributed by atoms with Crippen LogP contribution in [0, 0.1) is 11.8 Å². The predicted octanol–water partition coefficient (Wildman–Crippen LogP) is 4.06. The highest BCUT2D eigenvalue weighted by molar-refractivity contribution is 7.98. The van der Waals surface area contributed by atoms with Crippen molar-refractivity contribution in [2.75, 3.05) is 5.73 Å². The van der Waals surface area contributed by atoms with Crippen molar-refractivity contribution in [3.05, 3.63) is 52.7 Å². The van der Waals surface area contributed by atoms with Crippen LogP contribution in [-0.4, -0.2) is 19.5 Å². The average molecular weight is 396 g/mol. The Kier molecular flexibility index (Phi) is 5.35. The highest BCUT2D eigenvalue weighted by Gasteiger charge is 2.31. The number of anilines is 1. The van der Waals surface area contributed by atoms with E-state index >= 15 is 0 Å². The van der Waals surface area contributed by atoms with Crippen LogP contribution in [0.15, 0.2) is 46.5 Å². The molecule has 1 fully saturated rings. The van der Waals surface area contributed by atoms with E-state index in [2.05, 4.69) is 23.8 Å². The van der Waals surface area contributed by atoms with E-state index < -0.39 is 0 Å². The number of nitrogens with zero attached hydrogens (tertiary/aromatic N) is 4. The summed E-state index contributed by atoms with van der Waals surface area (Å²) in [5.41, 5.74) is 6.56. The number of nitrogens with two attached hydrogens (primary N) is 1. The number of benzene rings is 1. The molecule has 4 rings (SSSR count). The Morgan fingerprint density at radius 2 is 2.00 bits per heavy atom. The zero-order valence-corrected chi connectivity index (χ0v) is 17.0. The maximum atomic E-state index is 13.4. The first-order chi connectivity index (χ1) is 13.5. The van der Waals surface area contributed by atoms with E-state index in [4.69, 9.17) is 10.7 Å². The predicted molar refractivity (Wildman–Crippen MR) is 113 cm³/mol. The van der Waals surface area contributed by atoms with Crippen LogP contribution in [0.2, 0.25) is 0 Å². The van der Waals surface area contributed by atoms with Gasteiger partial charge in [-0.05, 0) is 36.5 Å². The maximum Gasteiger partial charge on any atom is 0.262 e. The lowest BCUT2D eigenvalue weighted by Crippen LogP contribution is -2.35. The minimum absolute atomic E-state index is 0.0487. The normalized spacial score (nSPS) is 22.4. The quantitative estimate of drug-likeness (QED) is 0.529. The number of thioether (sulfide) groups is 1. The van der Waals surface area contributed by atoms with E-state index in [1.807, 2.05) is 28.8 Å². The molecule has 0 spiro atoms. The second kappa shape index (κ2) is 7.91. The van der Waals surface area contributed by atoms with E-state index in [1.165, 1.54) is 18.2 Å². The third-order valence-electron chi connectivity index (χ3n) is 5.83. The van der Waals surface area contributed by atoms with Gasteiger partial charge in [0, 0.05) is 12.2 Å². The number of aromatic nitrogens is 4. The van der Waals surface area contributed by atoms with Crippen LogP contribution in [0.4, 0.5) is 5.82 Å². The van der Waals surface area contributed by atoms with Crippen molar-refractivity contribution in [1.29, 1.82) is 0 Å². The fourth-order valence-electron chi connectivity index (χ4n) is 4.05. The van der Waals surface area contributed by atoms with Crippen LogP contribution >= 0.6 is 11.8 Å². The molecular weight excluding hydrogens is 370 g/mol. The van der Waals surface area contributed by atoms with Crippen molar-refractivity contribution in [2.24, 2.45) is 11.8 Å². The summed E-state index contributed by atoms with van der Waals surface area (Å²) in [7, 11) is 0. The van der Waals surface area contributed by atoms with Crippen LogP contribution in [0.5, 0.6) is 0 Å². The summed E-state index contributed by atoms with van der Waals surface area (Å²) >= 11 is 1.51. The van der Waals surface area contributed by atoms with E-state index in [0.29, 0.717) is 34.6 Å². The molecule has 1 aromatic carbocycles. The van der Waals surface area contributed by atoms with Gasteiger partial charge in [-0.2, -0.15) is 0 Å². The summed E-state index contributed by atoms with van der Waals surface area (Å²) < 4.78 is 1.93. The minimum Gasteiger partial charge on any atom is -0.384 e. The van der Waals surface area contributed by atoms with Gasteiger partial charge in [-0.15, -0.1) is 0 Å². The van der Waals surface area contributed by atoms with Crippen LogP contribution < -0.4 is 11.3 Å². The van der Waals surface area contributed by atoms with Gasteiger partial charge in [-0.1, -0.05) is 50.6 Å². The SMILES string of the molecule is C[C@@H]1[C@H](C)CCC[C@H]1n1c(SCc2nccc(N)n2)nc2ccccc2c1=O. The van der Waals surface area contributed by atoms with E-state index in [1.54, 1.807) is 12.3 Å². The van der Waals surface area contributed by atoms with Crippen LogP contribution in [0.3, 0.4) is 0 Å². The summed E-state index contributed by atoms with van der Waals surface area (Å²) in [6.45, 7) is 4.54. The molecule has 146 valence electrons. The zero-order valence-electron chi connectivity index (χ0n) is 16.2. The molecule has 3 atom stereocenters. The fraction of sp³-hybridized carbons (Fsp3) is 0.429. The molecule has 2 N–H and O–H groups in total. The first-order valence-corrected chi connectivity index (χ1v) is 10.7. The van der Waals surface area contributed by atoms with Crippen molar-refractivity contribution in [2.45, 2.75) is 50.1 Å². The van der Waals surface area contributed by atoms with Gasteiger partial charge in [0.25, 0.3) is 5.56 Å². The van der Waals surface area contributed by atoms with Gasteiger partial charge in [0.15, 0.2) is 5.16 Å². The Morgan fingerprint density at radius 3 is 2.82 bits per heavy atom. The molecule has 7 heteroatoms. The van der Waals surface area contributed by atoms with Gasteiger partial charge in [0.1, 0.15) is 11.6 Å². The molecule has 0 radical (unpaired) electrons. The maximum absolute atomic E-state index is 13.4. The lowest BCUT2D eigenvalue weighted by atomic mass is 9.78. The summed E-state index contributed by atoms with van der Waals surface area (Å²) in [6.07, 6.45) is 5.02. The number of fused-ring (bicyclic) bond motifs is 1. The molecule has 1 aliphatic rings. The Balaban J connectivity index is 1.78. The Hall–Kier alpha value is -2.41. The second-order valence-electron chi connectivity index (χ2n) is 7.61. The van der Waals surface area contributed by atoms with Crippen molar-refractivity contribution < 1.29 is 0 Å². The van der Waals surface area contributed by atoms with Gasteiger partial charge < -0.3 is 5.73 Å². The van der Waals surface area contributed by atoms with Crippen molar-refractivity contribution in [3.63, 3.8) is 0 Å². The first kappa shape index (κ1) is 18.9. The lowest BCUT2D eigenvalue weighted by molar-refractivity contribution is 0.173. The summed E-state index contributed by atoms with van der Waals surface area (Å²) in [6, 6.07) is 9.42. The van der Waals surface area contributed by atoms with Gasteiger partial charge in [0.05, 0.1) is 16.7 Å². The van der Waals surface area contributed by atoms with Crippen LogP contribution in [0.25, 0.3) is 10.9 Å². The number of rotatable bonds is 4. The highest BCUT2D eigenvalue weighted by Crippen LogP contribution is 2.39. The molecule has 6 nitrogen and oxygen atoms in total. The standard InChI is InChI=1S/C21H25N5OS/c1-13-6-5-9-17(14(13)2)26-20(27)15-7-3-4-8-16(15)24-21(26)28-12-19-23-11-10-18(22)25-19/h3-4,7-8,10-11,13-14,17H,5-6,9,12H2,1-2H3,(H2,22,23,25)/t13-,14-,17-/m1/s1. The average Bonchev–Trinajstić information content (AvgIpc) is 2.69. The summed E-state index contributed by atoms with van der Waals surface area (Å²) in [5, 5.41) is 1.41. The number of hydrogen-bond acceptors (Lipinski definition) is 6. The summed E-state index contributed by atoms with van der Waals surface area (Å²) in [5.74, 6) is 2.63. The number of hydrogen-bond donors (Lipinski definition) is 1. The molecule has 0 unspecified atom stereocenters. The third-order valence-corrected chi connectivity index (χ3v) is 6.78. The first-order valence-electron chi connectivity index (χ1n) is 9.76. The van der Waals surface area contributed by atoms with E-state index in [-0.39, 0.29) is 11.6 Å². The molecule has 2 aromatic heterocycles. The Labute approximate surface area is 168 Å². The van der Waals surface area contributed by atoms with Crippen LogP contribution in [-0.2, 0) is 5.75 Å². The number of para-hydroxylation sites is 1. The van der Waals surface area contributed by atoms with E-state index in [9.17, 15) is 4.79 Å². The van der Waals surface area contributed by atoms with E-state index in [0.717, 1.165) is 23.5 Å². The molecule has 2 heterocycles. The lowest BCUT2D eigenvalue weighted by Gasteiger charge is -2.36. The minimum atomic E-state index is 0.0487. The Morgan fingerprint density at radius 1 is 1.18 bits per heavy atom. The largest absolute Gasteiger partial charge is 0.384 e. The smallest absolute Gasteiger partial charge is 0.262 e. The van der Waals surface area contributed by atoms with Gasteiger partial charge in [-0.3, -0.25) is 9.36 Å². The Bertz CT molecular complexity index is 1050. The van der Waals surface area contributed by atoms with Crippen LogP contribution in [0.1, 0.15) is 45.0 Å². The molecule has 0 amide bonds. The molecule has 1 saturated carbocycles. The fourth-order valence-corrected chi connectivity index (χ4v) is 4.97. The van der Waals surface area contributed by atoms with Crippen molar-refractivity contribution >= 4 is 28.5 Å². The molecule has 0 bridgehead atoms. The molecular formula is C21H25N5OS. The van der Waals surface area contributed by atoms with Crippen molar-refractivity contribution in [3.8, 4) is 0 Å². The third kappa shape index (κ3) is 3.63.